The van der Waals surface area contributed by atoms with Crippen molar-refractivity contribution in [2.75, 3.05) is 43.5 Å². The number of hydrogen-bond donors (Lipinski definition) is 2. The van der Waals surface area contributed by atoms with Crippen molar-refractivity contribution >= 4 is 17.4 Å². The van der Waals surface area contributed by atoms with Crippen LogP contribution in [0.3, 0.4) is 0 Å². The van der Waals surface area contributed by atoms with E-state index in [0.717, 1.165) is 61.0 Å². The molecule has 2 aromatic carbocycles. The lowest BCUT2D eigenvalue weighted by atomic mass is 9.99. The Kier molecular flexibility index (Phi) is 7.46. The first-order valence-corrected chi connectivity index (χ1v) is 12.5. The van der Waals surface area contributed by atoms with Gasteiger partial charge in [0.1, 0.15) is 11.5 Å². The molecule has 5 rings (SSSR count). The van der Waals surface area contributed by atoms with Gasteiger partial charge in [0.05, 0.1) is 13.3 Å². The fraction of sp³-hybridized carbons (Fsp3) is 0.241. The van der Waals surface area contributed by atoms with Crippen molar-refractivity contribution in [3.8, 4) is 22.6 Å². The first kappa shape index (κ1) is 25.2. The number of carbonyl (C=O) groups excluding carboxylic acids is 1. The highest BCUT2D eigenvalue weighted by atomic mass is 16.5. The van der Waals surface area contributed by atoms with E-state index >= 15 is 0 Å². The Bertz CT molecular complexity index is 1400. The molecule has 9 nitrogen and oxygen atoms in total. The number of nitrogens with one attached hydrogen (secondary N) is 1. The average Bonchev–Trinajstić information content (AvgIpc) is 2.94. The zero-order chi connectivity index (χ0) is 26.5. The molecule has 0 aliphatic carbocycles. The Morgan fingerprint density at radius 3 is 2.42 bits per heavy atom. The molecule has 0 unspecified atom stereocenters. The third kappa shape index (κ3) is 5.90. The number of aromatic nitrogens is 3. The van der Waals surface area contributed by atoms with Crippen LogP contribution in [0.5, 0.6) is 11.5 Å². The Balaban J connectivity index is 1.14. The Labute approximate surface area is 221 Å². The van der Waals surface area contributed by atoms with Gasteiger partial charge in [-0.1, -0.05) is 18.2 Å². The van der Waals surface area contributed by atoms with E-state index in [0.29, 0.717) is 5.69 Å². The number of rotatable bonds is 7. The summed E-state index contributed by atoms with van der Waals surface area (Å²) in [5.74, 6) is 1.36. The van der Waals surface area contributed by atoms with E-state index in [1.807, 2.05) is 6.07 Å². The molecule has 3 heterocycles. The monoisotopic (exact) mass is 510 g/mol. The molecular weight excluding hydrogens is 480 g/mol. The minimum absolute atomic E-state index is 0.167. The van der Waals surface area contributed by atoms with E-state index in [4.69, 9.17) is 4.74 Å². The quantitative estimate of drug-likeness (QED) is 0.383. The van der Waals surface area contributed by atoms with Crippen LogP contribution in [0.1, 0.15) is 21.6 Å². The lowest BCUT2D eigenvalue weighted by Crippen LogP contribution is -2.46. The second-order valence-corrected chi connectivity index (χ2v) is 9.30. The zero-order valence-corrected chi connectivity index (χ0v) is 21.5. The first-order valence-electron chi connectivity index (χ1n) is 12.5. The van der Waals surface area contributed by atoms with Gasteiger partial charge in [-0.15, -0.1) is 10.2 Å². The average molecular weight is 511 g/mol. The van der Waals surface area contributed by atoms with E-state index in [2.05, 4.69) is 55.4 Å². The number of methoxy groups -OCH3 is 1. The van der Waals surface area contributed by atoms with Crippen molar-refractivity contribution in [3.63, 3.8) is 0 Å². The molecule has 1 saturated heterocycles. The molecule has 1 amide bonds. The molecule has 0 saturated carbocycles. The molecule has 0 atom stereocenters. The molecule has 2 aromatic heterocycles. The number of nitrogens with zero attached hydrogens (tertiary/aromatic N) is 5. The van der Waals surface area contributed by atoms with Gasteiger partial charge in [-0.3, -0.25) is 14.7 Å². The maximum Gasteiger partial charge on any atom is 0.276 e. The van der Waals surface area contributed by atoms with E-state index < -0.39 is 0 Å². The van der Waals surface area contributed by atoms with Crippen LogP contribution < -0.4 is 15.0 Å². The molecule has 0 radical (unpaired) electrons. The number of benzene rings is 2. The fourth-order valence-electron chi connectivity index (χ4n) is 4.60. The van der Waals surface area contributed by atoms with Crippen LogP contribution in [0.15, 0.2) is 73.1 Å². The minimum atomic E-state index is -0.305. The third-order valence-electron chi connectivity index (χ3n) is 6.66. The van der Waals surface area contributed by atoms with Gasteiger partial charge < -0.3 is 20.1 Å². The van der Waals surface area contributed by atoms with Gasteiger partial charge in [-0.2, -0.15) is 0 Å². The minimum Gasteiger partial charge on any atom is -0.506 e. The third-order valence-corrected chi connectivity index (χ3v) is 6.66. The van der Waals surface area contributed by atoms with Crippen molar-refractivity contribution in [3.05, 3.63) is 89.9 Å². The molecule has 0 bridgehead atoms. The zero-order valence-electron chi connectivity index (χ0n) is 21.5. The molecule has 1 aliphatic heterocycles. The number of carbonyl (C=O) groups is 1. The van der Waals surface area contributed by atoms with Crippen LogP contribution >= 0.6 is 0 Å². The topological polar surface area (TPSA) is 104 Å². The number of piperazine rings is 1. The maximum atomic E-state index is 12.5. The number of aromatic hydroxyl groups is 1. The summed E-state index contributed by atoms with van der Waals surface area (Å²) in [5, 5.41) is 21.0. The van der Waals surface area contributed by atoms with E-state index in [9.17, 15) is 9.90 Å². The van der Waals surface area contributed by atoms with Crippen molar-refractivity contribution in [2.45, 2.75) is 13.5 Å². The van der Waals surface area contributed by atoms with Gasteiger partial charge in [0.2, 0.25) is 0 Å². The van der Waals surface area contributed by atoms with Crippen molar-refractivity contribution in [2.24, 2.45) is 0 Å². The van der Waals surface area contributed by atoms with Gasteiger partial charge in [-0.05, 0) is 66.1 Å². The standard InChI is InChI=1S/C29H30N6O3/c1-20-15-21(3-8-26(20)22-16-24(36)18-30-17-22)19-34-11-13-35(14-12-34)28-10-9-27(32-33-28)29(37)31-23-4-6-25(38-2)7-5-23/h3-10,15-18,36H,11-14,19H2,1-2H3,(H,31,37). The number of amides is 1. The number of anilines is 2. The smallest absolute Gasteiger partial charge is 0.276 e. The summed E-state index contributed by atoms with van der Waals surface area (Å²) in [5.41, 5.74) is 5.32. The SMILES string of the molecule is COc1ccc(NC(=O)c2ccc(N3CCN(Cc4ccc(-c5cncc(O)c5)c(C)c4)CC3)nn2)cc1. The maximum absolute atomic E-state index is 12.5. The van der Waals surface area contributed by atoms with Gasteiger partial charge in [0.25, 0.3) is 5.91 Å². The summed E-state index contributed by atoms with van der Waals surface area (Å²) in [6, 6.07) is 18.9. The second kappa shape index (κ2) is 11.3. The van der Waals surface area contributed by atoms with Crippen molar-refractivity contribution in [1.82, 2.24) is 20.1 Å². The summed E-state index contributed by atoms with van der Waals surface area (Å²) in [7, 11) is 1.60. The summed E-state index contributed by atoms with van der Waals surface area (Å²) in [6.45, 7) is 6.41. The lowest BCUT2D eigenvalue weighted by molar-refractivity contribution is 0.102. The summed E-state index contributed by atoms with van der Waals surface area (Å²) < 4.78 is 5.14. The molecule has 0 spiro atoms. The highest BCUT2D eigenvalue weighted by Gasteiger charge is 2.19. The van der Waals surface area contributed by atoms with Gasteiger partial charge >= 0.3 is 0 Å². The molecule has 2 N–H and O–H groups in total. The predicted molar refractivity (Wildman–Crippen MR) is 147 cm³/mol. The summed E-state index contributed by atoms with van der Waals surface area (Å²) in [4.78, 5) is 21.2. The highest BCUT2D eigenvalue weighted by Crippen LogP contribution is 2.27. The van der Waals surface area contributed by atoms with Crippen LogP contribution in [-0.2, 0) is 6.54 Å². The van der Waals surface area contributed by atoms with Crippen LogP contribution in [0.25, 0.3) is 11.1 Å². The fourth-order valence-corrected chi connectivity index (χ4v) is 4.60. The van der Waals surface area contributed by atoms with Crippen LogP contribution in [-0.4, -0.2) is 64.4 Å². The van der Waals surface area contributed by atoms with E-state index in [1.165, 1.54) is 11.8 Å². The first-order chi connectivity index (χ1) is 18.5. The summed E-state index contributed by atoms with van der Waals surface area (Å²) in [6.07, 6.45) is 3.21. The molecular formula is C29H30N6O3. The normalized spacial score (nSPS) is 13.8. The Hall–Kier alpha value is -4.50. The predicted octanol–water partition coefficient (Wildman–Crippen LogP) is 4.14. The molecule has 1 aliphatic rings. The highest BCUT2D eigenvalue weighted by molar-refractivity contribution is 6.02. The van der Waals surface area contributed by atoms with Crippen molar-refractivity contribution in [1.29, 1.82) is 0 Å². The van der Waals surface area contributed by atoms with Crippen molar-refractivity contribution < 1.29 is 14.6 Å². The van der Waals surface area contributed by atoms with Gasteiger partial charge in [0, 0.05) is 50.2 Å². The molecule has 194 valence electrons. The van der Waals surface area contributed by atoms with Gasteiger partial charge in [-0.25, -0.2) is 0 Å². The molecule has 38 heavy (non-hydrogen) atoms. The lowest BCUT2D eigenvalue weighted by Gasteiger charge is -2.35. The number of pyridine rings is 1. The number of hydrogen-bond acceptors (Lipinski definition) is 8. The number of aryl methyl sites for hydroxylation is 1. The summed E-state index contributed by atoms with van der Waals surface area (Å²) >= 11 is 0. The second-order valence-electron chi connectivity index (χ2n) is 9.30. The Morgan fingerprint density at radius 1 is 0.974 bits per heavy atom. The van der Waals surface area contributed by atoms with Crippen LogP contribution in [0.4, 0.5) is 11.5 Å². The molecule has 1 fully saturated rings. The Morgan fingerprint density at radius 2 is 1.76 bits per heavy atom. The van der Waals surface area contributed by atoms with Crippen LogP contribution in [0.2, 0.25) is 0 Å². The number of ether oxygens (including phenoxy) is 1. The van der Waals surface area contributed by atoms with Gasteiger partial charge in [0.15, 0.2) is 11.5 Å². The molecule has 4 aromatic rings. The van der Waals surface area contributed by atoms with E-state index in [1.54, 1.807) is 49.7 Å². The molecule has 9 heteroatoms. The van der Waals surface area contributed by atoms with Crippen LogP contribution in [0, 0.1) is 6.92 Å². The largest absolute Gasteiger partial charge is 0.506 e. The van der Waals surface area contributed by atoms with E-state index in [-0.39, 0.29) is 17.4 Å².